The molecule has 4 nitrogen and oxygen atoms in total. The summed E-state index contributed by atoms with van der Waals surface area (Å²) in [5.41, 5.74) is 6.32. The summed E-state index contributed by atoms with van der Waals surface area (Å²) in [6.45, 7) is 4.03. The number of aryl methyl sites for hydroxylation is 2. The Morgan fingerprint density at radius 3 is 2.52 bits per heavy atom. The number of rotatable bonds is 4. The van der Waals surface area contributed by atoms with Crippen LogP contribution in [0, 0.1) is 13.8 Å². The van der Waals surface area contributed by atoms with E-state index in [2.05, 4.69) is 10.5 Å². The molecule has 0 saturated carbocycles. The van der Waals surface area contributed by atoms with E-state index in [-0.39, 0.29) is 5.91 Å². The maximum Gasteiger partial charge on any atom is 0.271 e. The van der Waals surface area contributed by atoms with Gasteiger partial charge in [0, 0.05) is 5.56 Å². The van der Waals surface area contributed by atoms with E-state index in [1.165, 1.54) is 0 Å². The van der Waals surface area contributed by atoms with Crippen molar-refractivity contribution in [1.82, 2.24) is 5.43 Å². The third-order valence-corrected chi connectivity index (χ3v) is 3.16. The van der Waals surface area contributed by atoms with Crippen LogP contribution in [0.3, 0.4) is 0 Å². The molecule has 0 radical (unpaired) electrons. The summed E-state index contributed by atoms with van der Waals surface area (Å²) in [6, 6.07) is 13.0. The summed E-state index contributed by atoms with van der Waals surface area (Å²) >= 11 is 0. The van der Waals surface area contributed by atoms with Crippen LogP contribution in [0.5, 0.6) is 5.75 Å². The highest BCUT2D eigenvalue weighted by atomic mass is 16.5. The molecule has 0 saturated heterocycles. The molecule has 1 amide bonds. The number of nitrogens with one attached hydrogen (secondary N) is 1. The molecule has 0 fully saturated rings. The third-order valence-electron chi connectivity index (χ3n) is 3.16. The lowest BCUT2D eigenvalue weighted by Crippen LogP contribution is -2.17. The number of hydrogen-bond donors (Lipinski definition) is 1. The molecule has 2 aromatic carbocycles. The Bertz CT molecular complexity index is 661. The SMILES string of the molecule is COc1ccc(C(=O)N/N=C/c2cc(C)ccc2C)cc1. The van der Waals surface area contributed by atoms with E-state index >= 15 is 0 Å². The van der Waals surface area contributed by atoms with Crippen LogP contribution >= 0.6 is 0 Å². The van der Waals surface area contributed by atoms with Gasteiger partial charge in [-0.2, -0.15) is 5.10 Å². The minimum absolute atomic E-state index is 0.251. The molecule has 0 aliphatic heterocycles. The fourth-order valence-corrected chi connectivity index (χ4v) is 1.87. The Balaban J connectivity index is 2.02. The highest BCUT2D eigenvalue weighted by Crippen LogP contribution is 2.11. The van der Waals surface area contributed by atoms with Crippen molar-refractivity contribution in [2.75, 3.05) is 7.11 Å². The predicted molar refractivity (Wildman–Crippen MR) is 84.0 cm³/mol. The standard InChI is InChI=1S/C17H18N2O2/c1-12-4-5-13(2)15(10-12)11-18-19-17(20)14-6-8-16(21-3)9-7-14/h4-11H,1-3H3,(H,19,20)/b18-11+. The summed E-state index contributed by atoms with van der Waals surface area (Å²) in [4.78, 5) is 11.9. The van der Waals surface area contributed by atoms with Gasteiger partial charge in [0.2, 0.25) is 0 Å². The van der Waals surface area contributed by atoms with Crippen molar-refractivity contribution in [2.45, 2.75) is 13.8 Å². The number of hydrogen-bond acceptors (Lipinski definition) is 3. The summed E-state index contributed by atoms with van der Waals surface area (Å²) in [7, 11) is 1.59. The molecular formula is C17H18N2O2. The molecule has 0 aliphatic carbocycles. The number of benzene rings is 2. The number of carbonyl (C=O) groups excluding carboxylic acids is 1. The van der Waals surface area contributed by atoms with E-state index in [9.17, 15) is 4.79 Å². The number of hydrazone groups is 1. The lowest BCUT2D eigenvalue weighted by atomic mass is 10.1. The fourth-order valence-electron chi connectivity index (χ4n) is 1.87. The van der Waals surface area contributed by atoms with Gasteiger partial charge in [-0.15, -0.1) is 0 Å². The molecule has 2 aromatic rings. The van der Waals surface area contributed by atoms with Gasteiger partial charge in [0.25, 0.3) is 5.91 Å². The zero-order valence-electron chi connectivity index (χ0n) is 12.4. The zero-order chi connectivity index (χ0) is 15.2. The van der Waals surface area contributed by atoms with Crippen molar-refractivity contribution in [3.8, 4) is 5.75 Å². The van der Waals surface area contributed by atoms with E-state index in [1.807, 2.05) is 32.0 Å². The lowest BCUT2D eigenvalue weighted by Gasteiger charge is -2.03. The van der Waals surface area contributed by atoms with Crippen LogP contribution in [0.15, 0.2) is 47.6 Å². The molecule has 0 heterocycles. The van der Waals surface area contributed by atoms with Gasteiger partial charge < -0.3 is 4.74 Å². The van der Waals surface area contributed by atoms with Crippen LogP contribution in [-0.4, -0.2) is 19.2 Å². The minimum atomic E-state index is -0.251. The van der Waals surface area contributed by atoms with Gasteiger partial charge in [0.1, 0.15) is 5.75 Å². The van der Waals surface area contributed by atoms with E-state index in [0.717, 1.165) is 16.7 Å². The van der Waals surface area contributed by atoms with E-state index in [1.54, 1.807) is 37.6 Å². The normalized spacial score (nSPS) is 10.6. The first-order valence-electron chi connectivity index (χ1n) is 6.65. The molecule has 0 atom stereocenters. The number of carbonyl (C=O) groups is 1. The maximum absolute atomic E-state index is 11.9. The summed E-state index contributed by atoms with van der Waals surface area (Å²) in [5.74, 6) is 0.463. The number of nitrogens with zero attached hydrogens (tertiary/aromatic N) is 1. The fraction of sp³-hybridized carbons (Fsp3) is 0.176. The van der Waals surface area contributed by atoms with E-state index in [0.29, 0.717) is 11.3 Å². The molecule has 108 valence electrons. The minimum Gasteiger partial charge on any atom is -0.497 e. The molecule has 0 unspecified atom stereocenters. The Kier molecular flexibility index (Phi) is 4.72. The average Bonchev–Trinajstić information content (AvgIpc) is 2.50. The summed E-state index contributed by atoms with van der Waals surface area (Å²) < 4.78 is 5.05. The maximum atomic E-state index is 11.9. The number of amides is 1. The van der Waals surface area contributed by atoms with Crippen molar-refractivity contribution in [2.24, 2.45) is 5.10 Å². The molecule has 1 N–H and O–H groups in total. The Morgan fingerprint density at radius 1 is 1.14 bits per heavy atom. The molecular weight excluding hydrogens is 264 g/mol. The first-order valence-corrected chi connectivity index (χ1v) is 6.65. The third kappa shape index (κ3) is 3.92. The van der Waals surface area contributed by atoms with Crippen LogP contribution in [0.4, 0.5) is 0 Å². The average molecular weight is 282 g/mol. The van der Waals surface area contributed by atoms with Crippen molar-refractivity contribution in [3.05, 3.63) is 64.7 Å². The Morgan fingerprint density at radius 2 is 1.86 bits per heavy atom. The van der Waals surface area contributed by atoms with Crippen molar-refractivity contribution < 1.29 is 9.53 Å². The van der Waals surface area contributed by atoms with Crippen molar-refractivity contribution in [3.63, 3.8) is 0 Å². The second-order valence-corrected chi connectivity index (χ2v) is 4.79. The zero-order valence-corrected chi connectivity index (χ0v) is 12.4. The van der Waals surface area contributed by atoms with Crippen LogP contribution in [-0.2, 0) is 0 Å². The summed E-state index contributed by atoms with van der Waals surface area (Å²) in [6.07, 6.45) is 1.66. The van der Waals surface area contributed by atoms with Gasteiger partial charge in [-0.25, -0.2) is 5.43 Å². The second kappa shape index (κ2) is 6.70. The number of ether oxygens (including phenoxy) is 1. The second-order valence-electron chi connectivity index (χ2n) is 4.79. The van der Waals surface area contributed by atoms with Gasteiger partial charge in [-0.1, -0.05) is 23.8 Å². The van der Waals surface area contributed by atoms with Crippen LogP contribution in [0.2, 0.25) is 0 Å². The van der Waals surface area contributed by atoms with Gasteiger partial charge >= 0.3 is 0 Å². The first kappa shape index (κ1) is 14.8. The topological polar surface area (TPSA) is 50.7 Å². The highest BCUT2D eigenvalue weighted by Gasteiger charge is 2.04. The molecule has 2 rings (SSSR count). The van der Waals surface area contributed by atoms with Gasteiger partial charge in [-0.05, 0) is 49.2 Å². The van der Waals surface area contributed by atoms with Gasteiger partial charge in [0.05, 0.1) is 13.3 Å². The van der Waals surface area contributed by atoms with Crippen LogP contribution in [0.1, 0.15) is 27.0 Å². The largest absolute Gasteiger partial charge is 0.497 e. The molecule has 0 aromatic heterocycles. The molecule has 0 aliphatic rings. The predicted octanol–water partition coefficient (Wildman–Crippen LogP) is 3.08. The molecule has 21 heavy (non-hydrogen) atoms. The van der Waals surface area contributed by atoms with Crippen molar-refractivity contribution in [1.29, 1.82) is 0 Å². The van der Waals surface area contributed by atoms with E-state index < -0.39 is 0 Å². The Labute approximate surface area is 124 Å². The first-order chi connectivity index (χ1) is 10.1. The lowest BCUT2D eigenvalue weighted by molar-refractivity contribution is 0.0955. The van der Waals surface area contributed by atoms with E-state index in [4.69, 9.17) is 4.74 Å². The molecule has 0 spiro atoms. The van der Waals surface area contributed by atoms with Crippen LogP contribution < -0.4 is 10.2 Å². The monoisotopic (exact) mass is 282 g/mol. The molecule has 4 heteroatoms. The highest BCUT2D eigenvalue weighted by molar-refractivity contribution is 5.95. The van der Waals surface area contributed by atoms with Gasteiger partial charge in [-0.3, -0.25) is 4.79 Å². The van der Waals surface area contributed by atoms with Crippen molar-refractivity contribution >= 4 is 12.1 Å². The van der Waals surface area contributed by atoms with Gasteiger partial charge in [0.15, 0.2) is 0 Å². The Hall–Kier alpha value is -2.62. The molecule has 0 bridgehead atoms. The summed E-state index contributed by atoms with van der Waals surface area (Å²) in [5, 5.41) is 4.01. The smallest absolute Gasteiger partial charge is 0.271 e. The van der Waals surface area contributed by atoms with Crippen LogP contribution in [0.25, 0.3) is 0 Å². The quantitative estimate of drug-likeness (QED) is 0.692. The number of methoxy groups -OCH3 is 1.